The Hall–Kier alpha value is -2.99. The predicted octanol–water partition coefficient (Wildman–Crippen LogP) is 2.54. The summed E-state index contributed by atoms with van der Waals surface area (Å²) in [5.41, 5.74) is 1.33. The van der Waals surface area contributed by atoms with Crippen LogP contribution < -0.4 is 0 Å². The number of carbonyl (C=O) groups is 2. The Labute approximate surface area is 151 Å². The minimum atomic E-state index is -0.675. The van der Waals surface area contributed by atoms with E-state index in [1.165, 1.54) is 17.3 Å². The van der Waals surface area contributed by atoms with Gasteiger partial charge in [0.15, 0.2) is 0 Å². The van der Waals surface area contributed by atoms with Gasteiger partial charge in [-0.3, -0.25) is 14.6 Å². The number of hydrogen-bond acceptors (Lipinski definition) is 5. The number of amides is 1. The molecule has 0 radical (unpaired) electrons. The molecule has 1 unspecified atom stereocenters. The Morgan fingerprint density at radius 3 is 2.50 bits per heavy atom. The topological polar surface area (TPSA) is 79.7 Å². The second-order valence-corrected chi connectivity index (χ2v) is 5.99. The van der Waals surface area contributed by atoms with Gasteiger partial charge in [-0.15, -0.1) is 0 Å². The maximum absolute atomic E-state index is 12.7. The molecule has 1 fully saturated rings. The molecule has 1 aromatic carbocycles. The van der Waals surface area contributed by atoms with Gasteiger partial charge < -0.3 is 14.7 Å². The highest BCUT2D eigenvalue weighted by Gasteiger charge is 2.45. The van der Waals surface area contributed by atoms with Crippen LogP contribution in [0.15, 0.2) is 60.4 Å². The number of ketones is 1. The molecule has 1 aromatic heterocycles. The van der Waals surface area contributed by atoms with Crippen LogP contribution in [0.2, 0.25) is 0 Å². The lowest BCUT2D eigenvalue weighted by Crippen LogP contribution is -2.31. The molecule has 1 aliphatic heterocycles. The van der Waals surface area contributed by atoms with Crippen molar-refractivity contribution in [3.05, 3.63) is 71.6 Å². The first kappa shape index (κ1) is 17.8. The van der Waals surface area contributed by atoms with E-state index < -0.39 is 17.7 Å². The predicted molar refractivity (Wildman–Crippen MR) is 96.2 cm³/mol. The molecule has 1 saturated heterocycles. The van der Waals surface area contributed by atoms with E-state index in [1.54, 1.807) is 19.2 Å². The van der Waals surface area contributed by atoms with Gasteiger partial charge in [0.05, 0.1) is 11.6 Å². The van der Waals surface area contributed by atoms with Crippen molar-refractivity contribution in [2.24, 2.45) is 0 Å². The molecule has 6 nitrogen and oxygen atoms in total. The van der Waals surface area contributed by atoms with E-state index in [-0.39, 0.29) is 11.3 Å². The normalized spacial score (nSPS) is 19.1. The molecule has 1 N–H and O–H groups in total. The van der Waals surface area contributed by atoms with Crippen molar-refractivity contribution >= 4 is 17.4 Å². The quantitative estimate of drug-likeness (QED) is 0.374. The minimum Gasteiger partial charge on any atom is -0.507 e. The Morgan fingerprint density at radius 1 is 1.15 bits per heavy atom. The highest BCUT2D eigenvalue weighted by Crippen LogP contribution is 2.39. The number of Topliss-reactive ketones (excluding diaryl/α,β-unsaturated/α-hetero) is 1. The molecule has 3 rings (SSSR count). The molecule has 26 heavy (non-hydrogen) atoms. The van der Waals surface area contributed by atoms with Gasteiger partial charge >= 0.3 is 0 Å². The van der Waals surface area contributed by atoms with E-state index in [4.69, 9.17) is 4.74 Å². The first-order valence-corrected chi connectivity index (χ1v) is 8.38. The summed E-state index contributed by atoms with van der Waals surface area (Å²) in [6.07, 6.45) is 3.66. The van der Waals surface area contributed by atoms with Crippen molar-refractivity contribution in [2.75, 3.05) is 20.3 Å². The lowest BCUT2D eigenvalue weighted by molar-refractivity contribution is -0.140. The van der Waals surface area contributed by atoms with E-state index in [0.717, 1.165) is 5.56 Å². The first-order chi connectivity index (χ1) is 12.6. The fourth-order valence-electron chi connectivity index (χ4n) is 3.14. The third kappa shape index (κ3) is 3.36. The lowest BCUT2D eigenvalue weighted by atomic mass is 9.95. The maximum Gasteiger partial charge on any atom is 0.295 e. The molecule has 6 heteroatoms. The number of likely N-dealkylation sites (tertiary alicyclic amines) is 1. The summed E-state index contributed by atoms with van der Waals surface area (Å²) in [5, 5.41) is 10.8. The van der Waals surface area contributed by atoms with Gasteiger partial charge in [-0.05, 0) is 24.1 Å². The number of methoxy groups -OCH3 is 1. The largest absolute Gasteiger partial charge is 0.507 e. The van der Waals surface area contributed by atoms with Crippen molar-refractivity contribution in [3.8, 4) is 0 Å². The fourth-order valence-corrected chi connectivity index (χ4v) is 3.14. The second-order valence-electron chi connectivity index (χ2n) is 5.99. The van der Waals surface area contributed by atoms with E-state index in [0.29, 0.717) is 25.1 Å². The minimum absolute atomic E-state index is 0.102. The lowest BCUT2D eigenvalue weighted by Gasteiger charge is -2.25. The number of aliphatic hydroxyl groups excluding tert-OH is 1. The molecule has 0 saturated carbocycles. The Morgan fingerprint density at radius 2 is 1.85 bits per heavy atom. The van der Waals surface area contributed by atoms with Gasteiger partial charge in [-0.1, -0.05) is 30.3 Å². The SMILES string of the molecule is COCCCN1C(=O)C(=O)/C(=C(\O)c2ccncc2)C1c1ccccc1. The summed E-state index contributed by atoms with van der Waals surface area (Å²) in [4.78, 5) is 30.7. The van der Waals surface area contributed by atoms with Crippen LogP contribution in [0.5, 0.6) is 0 Å². The molecule has 2 heterocycles. The average molecular weight is 352 g/mol. The first-order valence-electron chi connectivity index (χ1n) is 8.38. The van der Waals surface area contributed by atoms with Crippen LogP contribution in [-0.2, 0) is 14.3 Å². The van der Waals surface area contributed by atoms with Gasteiger partial charge in [0.1, 0.15) is 5.76 Å². The third-order valence-electron chi connectivity index (χ3n) is 4.36. The molecular weight excluding hydrogens is 332 g/mol. The summed E-state index contributed by atoms with van der Waals surface area (Å²) in [7, 11) is 1.59. The van der Waals surface area contributed by atoms with Gasteiger partial charge in [-0.2, -0.15) is 0 Å². The van der Waals surface area contributed by atoms with Crippen LogP contribution in [0.25, 0.3) is 5.76 Å². The number of aromatic nitrogens is 1. The Balaban J connectivity index is 2.09. The molecule has 0 aliphatic carbocycles. The number of carbonyl (C=O) groups excluding carboxylic acids is 2. The van der Waals surface area contributed by atoms with Gasteiger partial charge in [0, 0.05) is 38.2 Å². The number of ether oxygens (including phenoxy) is 1. The standard InChI is InChI=1S/C20H20N2O4/c1-26-13-5-12-22-17(14-6-3-2-4-7-14)16(19(24)20(22)25)18(23)15-8-10-21-11-9-15/h2-4,6-11,17,23H,5,12-13H2,1H3/b18-16-. The van der Waals surface area contributed by atoms with Crippen LogP contribution in [0.3, 0.4) is 0 Å². The van der Waals surface area contributed by atoms with Crippen molar-refractivity contribution in [1.82, 2.24) is 9.88 Å². The molecule has 0 bridgehead atoms. The smallest absolute Gasteiger partial charge is 0.295 e. The van der Waals surface area contributed by atoms with Crippen LogP contribution >= 0.6 is 0 Å². The van der Waals surface area contributed by atoms with Gasteiger partial charge in [0.2, 0.25) is 0 Å². The molecule has 1 amide bonds. The van der Waals surface area contributed by atoms with Crippen molar-refractivity contribution in [1.29, 1.82) is 0 Å². The summed E-state index contributed by atoms with van der Waals surface area (Å²) in [6, 6.07) is 11.8. The van der Waals surface area contributed by atoms with Crippen LogP contribution in [0, 0.1) is 0 Å². The highest BCUT2D eigenvalue weighted by molar-refractivity contribution is 6.46. The zero-order valence-electron chi connectivity index (χ0n) is 14.5. The van der Waals surface area contributed by atoms with Gasteiger partial charge in [-0.25, -0.2) is 0 Å². The maximum atomic E-state index is 12.7. The fraction of sp³-hybridized carbons (Fsp3) is 0.250. The average Bonchev–Trinajstić information content (AvgIpc) is 2.94. The Kier molecular flexibility index (Phi) is 5.43. The monoisotopic (exact) mass is 352 g/mol. The number of aliphatic hydroxyl groups is 1. The summed E-state index contributed by atoms with van der Waals surface area (Å²) >= 11 is 0. The van der Waals surface area contributed by atoms with Crippen LogP contribution in [0.4, 0.5) is 0 Å². The molecule has 134 valence electrons. The third-order valence-corrected chi connectivity index (χ3v) is 4.36. The number of benzene rings is 1. The van der Waals surface area contributed by atoms with E-state index in [2.05, 4.69) is 4.98 Å². The number of hydrogen-bond donors (Lipinski definition) is 1. The molecule has 0 spiro atoms. The Bertz CT molecular complexity index is 818. The van der Waals surface area contributed by atoms with Crippen molar-refractivity contribution < 1.29 is 19.4 Å². The summed E-state index contributed by atoms with van der Waals surface area (Å²) in [5.74, 6) is -1.47. The second kappa shape index (κ2) is 7.93. The summed E-state index contributed by atoms with van der Waals surface area (Å²) < 4.78 is 5.06. The van der Waals surface area contributed by atoms with Gasteiger partial charge in [0.25, 0.3) is 11.7 Å². The van der Waals surface area contributed by atoms with E-state index in [9.17, 15) is 14.7 Å². The van der Waals surface area contributed by atoms with Crippen LogP contribution in [-0.4, -0.2) is 46.9 Å². The molecule has 2 aromatic rings. The molecule has 1 aliphatic rings. The highest BCUT2D eigenvalue weighted by atomic mass is 16.5. The van der Waals surface area contributed by atoms with Crippen molar-refractivity contribution in [3.63, 3.8) is 0 Å². The molecular formula is C20H20N2O4. The zero-order valence-corrected chi connectivity index (χ0v) is 14.5. The van der Waals surface area contributed by atoms with Crippen molar-refractivity contribution in [2.45, 2.75) is 12.5 Å². The summed E-state index contributed by atoms with van der Waals surface area (Å²) in [6.45, 7) is 0.847. The number of pyridine rings is 1. The van der Waals surface area contributed by atoms with E-state index in [1.807, 2.05) is 30.3 Å². The zero-order chi connectivity index (χ0) is 18.5. The van der Waals surface area contributed by atoms with Crippen LogP contribution in [0.1, 0.15) is 23.6 Å². The molecule has 1 atom stereocenters. The van der Waals surface area contributed by atoms with E-state index >= 15 is 0 Å². The number of nitrogens with zero attached hydrogens (tertiary/aromatic N) is 2. The number of rotatable bonds is 6.